The van der Waals surface area contributed by atoms with Crippen molar-refractivity contribution in [3.8, 4) is 0 Å². The highest BCUT2D eigenvalue weighted by molar-refractivity contribution is 6.07. The number of amides is 2. The monoisotopic (exact) mass is 259 g/mol. The van der Waals surface area contributed by atoms with Gasteiger partial charge < -0.3 is 10.2 Å². The van der Waals surface area contributed by atoms with Crippen molar-refractivity contribution in [3.63, 3.8) is 0 Å². The molecule has 98 valence electrons. The second kappa shape index (κ2) is 5.30. The van der Waals surface area contributed by atoms with Gasteiger partial charge in [0.2, 0.25) is 5.82 Å². The Hall–Kier alpha value is -2.70. The fraction of sp³-hybridized carbons (Fsp3) is 0.167. The molecule has 1 heterocycles. The number of benzene rings is 1. The minimum absolute atomic E-state index is 0.0899. The summed E-state index contributed by atoms with van der Waals surface area (Å²) in [7, 11) is 3.30. The van der Waals surface area contributed by atoms with E-state index in [0.29, 0.717) is 11.3 Å². The van der Waals surface area contributed by atoms with Crippen LogP contribution >= 0.6 is 0 Å². The van der Waals surface area contributed by atoms with Crippen molar-refractivity contribution >= 4 is 17.5 Å². The zero-order chi connectivity index (χ0) is 13.8. The van der Waals surface area contributed by atoms with Crippen LogP contribution in [0.2, 0.25) is 0 Å². The lowest BCUT2D eigenvalue weighted by Gasteiger charge is -2.14. The summed E-state index contributed by atoms with van der Waals surface area (Å²) in [5.74, 6) is -0.544. The number of rotatable bonds is 3. The number of para-hydroxylation sites is 1. The van der Waals surface area contributed by atoms with Crippen molar-refractivity contribution in [1.82, 2.24) is 20.1 Å². The number of aromatic amines is 1. The largest absolute Gasteiger partial charge is 0.345 e. The van der Waals surface area contributed by atoms with Crippen molar-refractivity contribution in [2.24, 2.45) is 0 Å². The number of carbonyl (C=O) groups excluding carboxylic acids is 2. The number of nitrogens with zero attached hydrogens (tertiary/aromatic N) is 3. The maximum absolute atomic E-state index is 12.0. The van der Waals surface area contributed by atoms with Crippen LogP contribution in [-0.4, -0.2) is 46.0 Å². The molecular formula is C12H13N5O2. The standard InChI is InChI=1S/C12H13N5O2/c1-17(2)12(19)8-5-3-4-6-9(8)15-11(18)10-13-7-14-16-10/h3-7H,1-2H3,(H,15,18)(H,13,14,16). The quantitative estimate of drug-likeness (QED) is 0.851. The molecule has 0 unspecified atom stereocenters. The van der Waals surface area contributed by atoms with Gasteiger partial charge in [0.25, 0.3) is 11.8 Å². The van der Waals surface area contributed by atoms with E-state index in [9.17, 15) is 9.59 Å². The van der Waals surface area contributed by atoms with Gasteiger partial charge >= 0.3 is 0 Å². The molecule has 2 rings (SSSR count). The molecule has 1 aromatic heterocycles. The van der Waals surface area contributed by atoms with E-state index in [4.69, 9.17) is 0 Å². The van der Waals surface area contributed by atoms with Crippen molar-refractivity contribution in [2.75, 3.05) is 19.4 Å². The van der Waals surface area contributed by atoms with E-state index in [-0.39, 0.29) is 11.7 Å². The summed E-state index contributed by atoms with van der Waals surface area (Å²) < 4.78 is 0. The number of H-pyrrole nitrogens is 1. The van der Waals surface area contributed by atoms with Crippen molar-refractivity contribution < 1.29 is 9.59 Å². The Labute approximate surface area is 109 Å². The van der Waals surface area contributed by atoms with E-state index in [2.05, 4.69) is 20.5 Å². The topological polar surface area (TPSA) is 91.0 Å². The fourth-order valence-electron chi connectivity index (χ4n) is 1.52. The summed E-state index contributed by atoms with van der Waals surface area (Å²) in [6, 6.07) is 6.78. The average molecular weight is 259 g/mol. The van der Waals surface area contributed by atoms with Gasteiger partial charge in [0.1, 0.15) is 6.33 Å². The zero-order valence-corrected chi connectivity index (χ0v) is 10.5. The molecular weight excluding hydrogens is 246 g/mol. The predicted octanol–water partition coefficient (Wildman–Crippen LogP) is 0.759. The minimum Gasteiger partial charge on any atom is -0.345 e. The highest BCUT2D eigenvalue weighted by atomic mass is 16.2. The zero-order valence-electron chi connectivity index (χ0n) is 10.5. The Kier molecular flexibility index (Phi) is 3.56. The molecule has 0 spiro atoms. The Morgan fingerprint density at radius 2 is 2.00 bits per heavy atom. The van der Waals surface area contributed by atoms with Crippen LogP contribution in [0.25, 0.3) is 0 Å². The highest BCUT2D eigenvalue weighted by Crippen LogP contribution is 2.16. The number of aromatic nitrogens is 3. The molecule has 2 N–H and O–H groups in total. The summed E-state index contributed by atoms with van der Waals surface area (Å²) in [5, 5.41) is 8.69. The van der Waals surface area contributed by atoms with Gasteiger partial charge in [-0.2, -0.15) is 5.10 Å². The van der Waals surface area contributed by atoms with Gasteiger partial charge in [-0.3, -0.25) is 14.7 Å². The molecule has 0 aliphatic heterocycles. The second-order valence-corrected chi connectivity index (χ2v) is 4.03. The summed E-state index contributed by atoms with van der Waals surface area (Å²) in [4.78, 5) is 29.0. The SMILES string of the molecule is CN(C)C(=O)c1ccccc1NC(=O)c1ncn[nH]1. The van der Waals surface area contributed by atoms with Crippen LogP contribution in [0.4, 0.5) is 5.69 Å². The third kappa shape index (κ3) is 2.76. The van der Waals surface area contributed by atoms with Crippen LogP contribution in [0.1, 0.15) is 21.0 Å². The Morgan fingerprint density at radius 3 is 2.63 bits per heavy atom. The molecule has 0 aliphatic carbocycles. The fourth-order valence-corrected chi connectivity index (χ4v) is 1.52. The maximum Gasteiger partial charge on any atom is 0.293 e. The van der Waals surface area contributed by atoms with Gasteiger partial charge in [0.05, 0.1) is 11.3 Å². The van der Waals surface area contributed by atoms with Gasteiger partial charge in [0.15, 0.2) is 0 Å². The Bertz CT molecular complexity index is 592. The van der Waals surface area contributed by atoms with Crippen LogP contribution in [0.5, 0.6) is 0 Å². The van der Waals surface area contributed by atoms with E-state index >= 15 is 0 Å². The number of nitrogens with one attached hydrogen (secondary N) is 2. The smallest absolute Gasteiger partial charge is 0.293 e. The van der Waals surface area contributed by atoms with Gasteiger partial charge in [-0.05, 0) is 12.1 Å². The molecule has 19 heavy (non-hydrogen) atoms. The molecule has 0 saturated carbocycles. The molecule has 2 amide bonds. The highest BCUT2D eigenvalue weighted by Gasteiger charge is 2.16. The third-order valence-corrected chi connectivity index (χ3v) is 2.44. The van der Waals surface area contributed by atoms with Crippen LogP contribution < -0.4 is 5.32 Å². The first-order valence-electron chi connectivity index (χ1n) is 5.57. The molecule has 0 bridgehead atoms. The molecule has 0 saturated heterocycles. The van der Waals surface area contributed by atoms with E-state index in [1.807, 2.05) is 0 Å². The van der Waals surface area contributed by atoms with Crippen LogP contribution in [0.3, 0.4) is 0 Å². The predicted molar refractivity (Wildman–Crippen MR) is 68.8 cm³/mol. The summed E-state index contributed by atoms with van der Waals surface area (Å²) in [5.41, 5.74) is 0.850. The average Bonchev–Trinajstić information content (AvgIpc) is 2.92. The lowest BCUT2D eigenvalue weighted by molar-refractivity contribution is 0.0828. The van der Waals surface area contributed by atoms with E-state index < -0.39 is 5.91 Å². The van der Waals surface area contributed by atoms with Gasteiger partial charge in [-0.15, -0.1) is 0 Å². The Balaban J connectivity index is 2.26. The summed E-state index contributed by atoms with van der Waals surface area (Å²) in [6.07, 6.45) is 1.24. The van der Waals surface area contributed by atoms with E-state index in [0.717, 1.165) is 0 Å². The lowest BCUT2D eigenvalue weighted by atomic mass is 10.1. The van der Waals surface area contributed by atoms with E-state index in [1.165, 1.54) is 11.2 Å². The summed E-state index contributed by atoms with van der Waals surface area (Å²) >= 11 is 0. The number of carbonyl (C=O) groups is 2. The van der Waals surface area contributed by atoms with Crippen LogP contribution in [0, 0.1) is 0 Å². The van der Waals surface area contributed by atoms with Crippen molar-refractivity contribution in [3.05, 3.63) is 42.0 Å². The first kappa shape index (κ1) is 12.7. The van der Waals surface area contributed by atoms with Crippen molar-refractivity contribution in [1.29, 1.82) is 0 Å². The van der Waals surface area contributed by atoms with Crippen LogP contribution in [0.15, 0.2) is 30.6 Å². The molecule has 0 radical (unpaired) electrons. The molecule has 0 atom stereocenters. The van der Waals surface area contributed by atoms with Gasteiger partial charge in [-0.1, -0.05) is 12.1 Å². The van der Waals surface area contributed by atoms with Gasteiger partial charge in [-0.25, -0.2) is 4.98 Å². The first-order chi connectivity index (χ1) is 9.09. The molecule has 7 nitrogen and oxygen atoms in total. The molecule has 0 aliphatic rings. The minimum atomic E-state index is -0.448. The molecule has 7 heteroatoms. The normalized spacial score (nSPS) is 10.0. The molecule has 2 aromatic rings. The van der Waals surface area contributed by atoms with Crippen molar-refractivity contribution in [2.45, 2.75) is 0 Å². The maximum atomic E-state index is 12.0. The number of hydrogen-bond donors (Lipinski definition) is 2. The molecule has 0 fully saturated rings. The third-order valence-electron chi connectivity index (χ3n) is 2.44. The van der Waals surface area contributed by atoms with E-state index in [1.54, 1.807) is 38.4 Å². The number of anilines is 1. The van der Waals surface area contributed by atoms with Gasteiger partial charge in [0, 0.05) is 14.1 Å². The summed E-state index contributed by atoms with van der Waals surface area (Å²) in [6.45, 7) is 0. The second-order valence-electron chi connectivity index (χ2n) is 4.03. The van der Waals surface area contributed by atoms with Crippen LogP contribution in [-0.2, 0) is 0 Å². The number of hydrogen-bond acceptors (Lipinski definition) is 4. The Morgan fingerprint density at radius 1 is 1.26 bits per heavy atom. The molecule has 1 aromatic carbocycles. The lowest BCUT2D eigenvalue weighted by Crippen LogP contribution is -2.24. The first-order valence-corrected chi connectivity index (χ1v) is 5.57.